The number of nitrogens with zero attached hydrogens (tertiary/aromatic N) is 3. The van der Waals surface area contributed by atoms with E-state index in [0.717, 1.165) is 42.2 Å². The second-order valence-electron chi connectivity index (χ2n) is 7.72. The zero-order chi connectivity index (χ0) is 19.1. The van der Waals surface area contributed by atoms with E-state index in [0.29, 0.717) is 19.7 Å². The standard InChI is InChI=1S/C22H21F2N3O/c23-18-5-1-3-16(9-18)12-26-8-7-22(14-26)15-27-20(11-25-21(27)13-28-22)17-4-2-6-19(24)10-17/h1-6,9-11H,7-8,12-15H2/t22-/m1/s1. The third-order valence-corrected chi connectivity index (χ3v) is 5.70. The van der Waals surface area contributed by atoms with Gasteiger partial charge < -0.3 is 9.30 Å². The maximum Gasteiger partial charge on any atom is 0.135 e. The first kappa shape index (κ1) is 17.5. The lowest BCUT2D eigenvalue weighted by atomic mass is 10.0. The highest BCUT2D eigenvalue weighted by Crippen LogP contribution is 2.35. The fourth-order valence-corrected chi connectivity index (χ4v) is 4.34. The average Bonchev–Trinajstić information content (AvgIpc) is 3.26. The summed E-state index contributed by atoms with van der Waals surface area (Å²) < 4.78 is 35.6. The van der Waals surface area contributed by atoms with Crippen molar-refractivity contribution in [3.63, 3.8) is 0 Å². The molecule has 6 heteroatoms. The number of hydrogen-bond donors (Lipinski definition) is 0. The molecule has 2 aromatic carbocycles. The molecule has 1 atom stereocenters. The Bertz CT molecular complexity index is 1020. The van der Waals surface area contributed by atoms with Gasteiger partial charge in [-0.2, -0.15) is 0 Å². The maximum atomic E-state index is 13.7. The predicted octanol–water partition coefficient (Wildman–Crippen LogP) is 4.00. The van der Waals surface area contributed by atoms with Crippen LogP contribution in [-0.4, -0.2) is 33.1 Å². The highest BCUT2D eigenvalue weighted by molar-refractivity contribution is 5.59. The van der Waals surface area contributed by atoms with Gasteiger partial charge in [-0.15, -0.1) is 0 Å². The quantitative estimate of drug-likeness (QED) is 0.687. The summed E-state index contributed by atoms with van der Waals surface area (Å²) in [4.78, 5) is 6.78. The lowest BCUT2D eigenvalue weighted by Gasteiger charge is -2.35. The molecule has 3 heterocycles. The van der Waals surface area contributed by atoms with Crippen LogP contribution in [0.3, 0.4) is 0 Å². The van der Waals surface area contributed by atoms with Crippen LogP contribution in [0, 0.1) is 11.6 Å². The van der Waals surface area contributed by atoms with Gasteiger partial charge in [-0.1, -0.05) is 24.3 Å². The second kappa shape index (κ2) is 6.79. The number of fused-ring (bicyclic) bond motifs is 1. The molecule has 1 aromatic heterocycles. The fraction of sp³-hybridized carbons (Fsp3) is 0.318. The molecule has 1 saturated heterocycles. The highest BCUT2D eigenvalue weighted by Gasteiger charge is 2.43. The zero-order valence-corrected chi connectivity index (χ0v) is 15.4. The van der Waals surface area contributed by atoms with Crippen LogP contribution >= 0.6 is 0 Å². The van der Waals surface area contributed by atoms with E-state index in [1.165, 1.54) is 18.2 Å². The molecule has 5 rings (SSSR count). The molecule has 4 nitrogen and oxygen atoms in total. The molecule has 0 radical (unpaired) electrons. The molecule has 0 saturated carbocycles. The number of benzene rings is 2. The Morgan fingerprint density at radius 1 is 1.04 bits per heavy atom. The Kier molecular flexibility index (Phi) is 4.25. The van der Waals surface area contributed by atoms with Crippen molar-refractivity contribution in [1.82, 2.24) is 14.5 Å². The Balaban J connectivity index is 1.36. The first-order valence-corrected chi connectivity index (χ1v) is 9.51. The summed E-state index contributed by atoms with van der Waals surface area (Å²) >= 11 is 0. The summed E-state index contributed by atoms with van der Waals surface area (Å²) in [5.74, 6) is 0.411. The topological polar surface area (TPSA) is 30.3 Å². The summed E-state index contributed by atoms with van der Waals surface area (Å²) in [6.45, 7) is 3.52. The molecule has 2 aliphatic heterocycles. The summed E-state index contributed by atoms with van der Waals surface area (Å²) in [6.07, 6.45) is 2.70. The third kappa shape index (κ3) is 3.23. The first-order valence-electron chi connectivity index (χ1n) is 9.51. The van der Waals surface area contributed by atoms with Crippen molar-refractivity contribution >= 4 is 0 Å². The Labute approximate surface area is 162 Å². The molecule has 2 aliphatic rings. The zero-order valence-electron chi connectivity index (χ0n) is 15.4. The van der Waals surface area contributed by atoms with Gasteiger partial charge in [0.25, 0.3) is 0 Å². The van der Waals surface area contributed by atoms with Crippen LogP contribution in [-0.2, 0) is 24.4 Å². The van der Waals surface area contributed by atoms with Crippen molar-refractivity contribution in [2.24, 2.45) is 0 Å². The number of hydrogen-bond acceptors (Lipinski definition) is 3. The van der Waals surface area contributed by atoms with Crippen LogP contribution in [0.15, 0.2) is 54.7 Å². The van der Waals surface area contributed by atoms with E-state index in [9.17, 15) is 8.78 Å². The van der Waals surface area contributed by atoms with Crippen LogP contribution in [0.2, 0.25) is 0 Å². The smallest absolute Gasteiger partial charge is 0.135 e. The van der Waals surface area contributed by atoms with Gasteiger partial charge in [0.1, 0.15) is 29.7 Å². The summed E-state index contributed by atoms with van der Waals surface area (Å²) in [5.41, 5.74) is 2.42. The van der Waals surface area contributed by atoms with Crippen molar-refractivity contribution in [3.8, 4) is 11.3 Å². The van der Waals surface area contributed by atoms with Gasteiger partial charge in [0.15, 0.2) is 0 Å². The molecule has 1 fully saturated rings. The van der Waals surface area contributed by atoms with Crippen LogP contribution in [0.4, 0.5) is 8.78 Å². The average molecular weight is 381 g/mol. The number of halogens is 2. The second-order valence-corrected chi connectivity index (χ2v) is 7.72. The number of ether oxygens (including phenoxy) is 1. The van der Waals surface area contributed by atoms with Gasteiger partial charge in [-0.25, -0.2) is 13.8 Å². The van der Waals surface area contributed by atoms with Gasteiger partial charge in [0.2, 0.25) is 0 Å². The van der Waals surface area contributed by atoms with Crippen molar-refractivity contribution in [2.45, 2.75) is 31.7 Å². The monoisotopic (exact) mass is 381 g/mol. The minimum absolute atomic E-state index is 0.205. The lowest BCUT2D eigenvalue weighted by molar-refractivity contribution is -0.0821. The van der Waals surface area contributed by atoms with E-state index in [4.69, 9.17) is 4.74 Å². The molecule has 3 aromatic rings. The number of rotatable bonds is 3. The molecule has 0 aliphatic carbocycles. The van der Waals surface area contributed by atoms with Crippen molar-refractivity contribution < 1.29 is 13.5 Å². The summed E-state index contributed by atoms with van der Waals surface area (Å²) in [6, 6.07) is 13.4. The van der Waals surface area contributed by atoms with Crippen LogP contribution < -0.4 is 0 Å². The summed E-state index contributed by atoms with van der Waals surface area (Å²) in [7, 11) is 0. The van der Waals surface area contributed by atoms with Crippen LogP contribution in [0.5, 0.6) is 0 Å². The van der Waals surface area contributed by atoms with E-state index in [2.05, 4.69) is 14.5 Å². The molecule has 28 heavy (non-hydrogen) atoms. The largest absolute Gasteiger partial charge is 0.364 e. The van der Waals surface area contributed by atoms with Gasteiger partial charge in [-0.3, -0.25) is 4.90 Å². The first-order chi connectivity index (χ1) is 13.6. The Hall–Kier alpha value is -2.57. The molecule has 1 spiro atoms. The molecule has 0 unspecified atom stereocenters. The van der Waals surface area contributed by atoms with Crippen LogP contribution in [0.25, 0.3) is 11.3 Å². The number of likely N-dealkylation sites (tertiary alicyclic amines) is 1. The van der Waals surface area contributed by atoms with E-state index in [1.54, 1.807) is 24.4 Å². The Morgan fingerprint density at radius 3 is 2.68 bits per heavy atom. The normalized spacial score (nSPS) is 21.9. The van der Waals surface area contributed by atoms with E-state index >= 15 is 0 Å². The van der Waals surface area contributed by atoms with Gasteiger partial charge >= 0.3 is 0 Å². The molecule has 0 N–H and O–H groups in total. The third-order valence-electron chi connectivity index (χ3n) is 5.70. The van der Waals surface area contributed by atoms with Crippen LogP contribution in [0.1, 0.15) is 17.8 Å². The predicted molar refractivity (Wildman–Crippen MR) is 101 cm³/mol. The van der Waals surface area contributed by atoms with Crippen molar-refractivity contribution in [3.05, 3.63) is 77.8 Å². The molecular formula is C22H21F2N3O. The van der Waals surface area contributed by atoms with Gasteiger partial charge in [0, 0.05) is 25.2 Å². The SMILES string of the molecule is Fc1cccc(CN2CC[C@@]3(C2)Cn2c(-c4cccc(F)c4)cnc2CO3)c1. The van der Waals surface area contributed by atoms with E-state index in [-0.39, 0.29) is 17.2 Å². The number of aromatic nitrogens is 2. The van der Waals surface area contributed by atoms with E-state index in [1.807, 2.05) is 12.1 Å². The lowest BCUT2D eigenvalue weighted by Crippen LogP contribution is -2.44. The fourth-order valence-electron chi connectivity index (χ4n) is 4.34. The molecular weight excluding hydrogens is 360 g/mol. The summed E-state index contributed by atoms with van der Waals surface area (Å²) in [5, 5.41) is 0. The number of imidazole rings is 1. The van der Waals surface area contributed by atoms with E-state index < -0.39 is 0 Å². The highest BCUT2D eigenvalue weighted by atomic mass is 19.1. The minimum Gasteiger partial charge on any atom is -0.364 e. The van der Waals surface area contributed by atoms with Gasteiger partial charge in [-0.05, 0) is 36.2 Å². The minimum atomic E-state index is -0.289. The Morgan fingerprint density at radius 2 is 1.86 bits per heavy atom. The molecule has 144 valence electrons. The van der Waals surface area contributed by atoms with Gasteiger partial charge in [0.05, 0.1) is 18.4 Å². The van der Waals surface area contributed by atoms with Crippen molar-refractivity contribution in [1.29, 1.82) is 0 Å². The molecule has 0 amide bonds. The van der Waals surface area contributed by atoms with Crippen molar-refractivity contribution in [2.75, 3.05) is 13.1 Å². The molecule has 0 bridgehead atoms. The maximum absolute atomic E-state index is 13.7.